The van der Waals surface area contributed by atoms with Crippen LogP contribution in [0.1, 0.15) is 20.8 Å². The van der Waals surface area contributed by atoms with Crippen LogP contribution in [0, 0.1) is 17.2 Å². The highest BCUT2D eigenvalue weighted by molar-refractivity contribution is 6.18. The fourth-order valence-corrected chi connectivity index (χ4v) is 1.90. The fourth-order valence-electron chi connectivity index (χ4n) is 1.90. The molecule has 5 heteroatoms. The molecule has 2 amide bonds. The number of hydrogen-bond donors (Lipinski definition) is 0. The van der Waals surface area contributed by atoms with E-state index in [1.807, 2.05) is 19.9 Å². The maximum atomic E-state index is 12.3. The van der Waals surface area contributed by atoms with Crippen LogP contribution in [-0.4, -0.2) is 42.3 Å². The summed E-state index contributed by atoms with van der Waals surface area (Å²) < 4.78 is 0. The summed E-state index contributed by atoms with van der Waals surface area (Å²) in [5, 5.41) is 9.11. The van der Waals surface area contributed by atoms with Crippen LogP contribution >= 0.6 is 0 Å². The molecule has 19 heavy (non-hydrogen) atoms. The van der Waals surface area contributed by atoms with Crippen LogP contribution in [0.4, 0.5) is 0 Å². The van der Waals surface area contributed by atoms with Gasteiger partial charge in [0, 0.05) is 26.8 Å². The number of nitrogens with zero attached hydrogens (tertiary/aromatic N) is 3. The van der Waals surface area contributed by atoms with E-state index < -0.39 is 5.91 Å². The highest BCUT2D eigenvalue weighted by Gasteiger charge is 2.35. The van der Waals surface area contributed by atoms with Gasteiger partial charge in [-0.2, -0.15) is 5.26 Å². The average molecular weight is 261 g/mol. The molecule has 0 saturated heterocycles. The number of imide groups is 1. The van der Waals surface area contributed by atoms with Crippen molar-refractivity contribution in [2.45, 2.75) is 20.8 Å². The molecular weight excluding hydrogens is 242 g/mol. The number of carbonyl (C=O) groups is 2. The van der Waals surface area contributed by atoms with Gasteiger partial charge in [0.1, 0.15) is 11.6 Å². The second-order valence-electron chi connectivity index (χ2n) is 5.23. The maximum absolute atomic E-state index is 12.3. The van der Waals surface area contributed by atoms with E-state index in [2.05, 4.69) is 0 Å². The molecule has 0 spiro atoms. The van der Waals surface area contributed by atoms with Gasteiger partial charge < -0.3 is 4.90 Å². The molecule has 1 aliphatic heterocycles. The molecule has 1 aliphatic rings. The van der Waals surface area contributed by atoms with Gasteiger partial charge in [0.25, 0.3) is 11.8 Å². The molecule has 0 saturated carbocycles. The van der Waals surface area contributed by atoms with Crippen LogP contribution in [0.15, 0.2) is 22.9 Å². The Morgan fingerprint density at radius 1 is 1.32 bits per heavy atom. The Balaban J connectivity index is 3.35. The highest BCUT2D eigenvalue weighted by Crippen LogP contribution is 2.25. The predicted molar refractivity (Wildman–Crippen MR) is 71.6 cm³/mol. The van der Waals surface area contributed by atoms with Gasteiger partial charge in [0.05, 0.1) is 5.57 Å². The molecule has 0 bridgehead atoms. The van der Waals surface area contributed by atoms with Crippen molar-refractivity contribution in [3.8, 4) is 6.07 Å². The van der Waals surface area contributed by atoms with Crippen LogP contribution < -0.4 is 0 Å². The van der Waals surface area contributed by atoms with Gasteiger partial charge >= 0.3 is 0 Å². The van der Waals surface area contributed by atoms with Gasteiger partial charge in [-0.15, -0.1) is 0 Å². The zero-order valence-corrected chi connectivity index (χ0v) is 12.0. The first-order valence-electron chi connectivity index (χ1n) is 6.15. The highest BCUT2D eigenvalue weighted by atomic mass is 16.2. The summed E-state index contributed by atoms with van der Waals surface area (Å²) in [4.78, 5) is 27.4. The van der Waals surface area contributed by atoms with Crippen molar-refractivity contribution in [3.63, 3.8) is 0 Å². The summed E-state index contributed by atoms with van der Waals surface area (Å²) in [6, 6.07) is 1.91. The van der Waals surface area contributed by atoms with Gasteiger partial charge in [-0.25, -0.2) is 0 Å². The van der Waals surface area contributed by atoms with E-state index in [1.54, 1.807) is 32.1 Å². The lowest BCUT2D eigenvalue weighted by atomic mass is 9.95. The van der Waals surface area contributed by atoms with E-state index in [1.165, 1.54) is 0 Å². The number of rotatable bonds is 3. The lowest BCUT2D eigenvalue weighted by Gasteiger charge is -2.29. The van der Waals surface area contributed by atoms with E-state index in [4.69, 9.17) is 5.26 Å². The zero-order valence-electron chi connectivity index (χ0n) is 12.0. The van der Waals surface area contributed by atoms with Crippen LogP contribution in [-0.2, 0) is 9.59 Å². The molecular formula is C14H19N3O2. The molecule has 1 rings (SSSR count). The Bertz CT molecular complexity index is 507. The average Bonchev–Trinajstić information content (AvgIpc) is 2.30. The van der Waals surface area contributed by atoms with E-state index in [0.29, 0.717) is 17.7 Å². The van der Waals surface area contributed by atoms with E-state index in [-0.39, 0.29) is 17.4 Å². The first-order chi connectivity index (χ1) is 8.79. The first-order valence-corrected chi connectivity index (χ1v) is 6.15. The maximum Gasteiger partial charge on any atom is 0.271 e. The lowest BCUT2D eigenvalue weighted by molar-refractivity contribution is -0.141. The number of hydrogen-bond acceptors (Lipinski definition) is 4. The zero-order chi connectivity index (χ0) is 14.7. The molecule has 0 aliphatic carbocycles. The minimum Gasteiger partial charge on any atom is -0.383 e. The third-order valence-electron chi connectivity index (χ3n) is 2.76. The Morgan fingerprint density at radius 3 is 2.32 bits per heavy atom. The number of nitriles is 1. The quantitative estimate of drug-likeness (QED) is 0.567. The van der Waals surface area contributed by atoms with Gasteiger partial charge in [-0.1, -0.05) is 13.8 Å². The molecule has 0 radical (unpaired) electrons. The summed E-state index contributed by atoms with van der Waals surface area (Å²) in [5.74, 6) is -0.662. The van der Waals surface area contributed by atoms with Crippen LogP contribution in [0.2, 0.25) is 0 Å². The standard InChI is InChI=1S/C14H19N3O2/c1-9(2)7-17-13(18)11(6-15)10(3)12(14(17)19)8-16(4)5/h8-9H,7H2,1-5H3/b12-8-. The van der Waals surface area contributed by atoms with Crippen molar-refractivity contribution in [1.29, 1.82) is 5.26 Å². The summed E-state index contributed by atoms with van der Waals surface area (Å²) in [5.41, 5.74) is 0.904. The van der Waals surface area contributed by atoms with Gasteiger partial charge in [0.15, 0.2) is 0 Å². The fraction of sp³-hybridized carbons (Fsp3) is 0.500. The summed E-state index contributed by atoms with van der Waals surface area (Å²) in [6.45, 7) is 5.80. The largest absolute Gasteiger partial charge is 0.383 e. The lowest BCUT2D eigenvalue weighted by Crippen LogP contribution is -2.44. The van der Waals surface area contributed by atoms with Crippen LogP contribution in [0.5, 0.6) is 0 Å². The SMILES string of the molecule is CC1=C(C#N)C(=O)N(CC(C)C)C(=O)/C1=C\N(C)C. The van der Waals surface area contributed by atoms with Gasteiger partial charge in [-0.05, 0) is 18.4 Å². The van der Waals surface area contributed by atoms with Gasteiger partial charge in [-0.3, -0.25) is 14.5 Å². The van der Waals surface area contributed by atoms with Crippen molar-refractivity contribution >= 4 is 11.8 Å². The molecule has 1 heterocycles. The second kappa shape index (κ2) is 5.70. The topological polar surface area (TPSA) is 64.4 Å². The van der Waals surface area contributed by atoms with Crippen molar-refractivity contribution in [2.75, 3.05) is 20.6 Å². The minimum atomic E-state index is -0.491. The Morgan fingerprint density at radius 2 is 1.89 bits per heavy atom. The van der Waals surface area contributed by atoms with E-state index in [0.717, 1.165) is 4.90 Å². The normalized spacial score (nSPS) is 18.4. The number of carbonyl (C=O) groups excluding carboxylic acids is 2. The predicted octanol–water partition coefficient (Wildman–Crippen LogP) is 1.30. The Hall–Kier alpha value is -2.09. The van der Waals surface area contributed by atoms with Crippen molar-refractivity contribution in [2.24, 2.45) is 5.92 Å². The molecule has 0 fully saturated rings. The molecule has 0 atom stereocenters. The molecule has 0 aromatic heterocycles. The molecule has 0 aromatic carbocycles. The Labute approximate surface area is 113 Å². The van der Waals surface area contributed by atoms with Crippen LogP contribution in [0.3, 0.4) is 0 Å². The summed E-state index contributed by atoms with van der Waals surface area (Å²) in [7, 11) is 3.59. The van der Waals surface area contributed by atoms with Gasteiger partial charge in [0.2, 0.25) is 0 Å². The third kappa shape index (κ3) is 3.02. The molecule has 0 aromatic rings. The monoisotopic (exact) mass is 261 g/mol. The molecule has 5 nitrogen and oxygen atoms in total. The summed E-state index contributed by atoms with van der Waals surface area (Å²) >= 11 is 0. The van der Waals surface area contributed by atoms with Crippen LogP contribution in [0.25, 0.3) is 0 Å². The third-order valence-corrected chi connectivity index (χ3v) is 2.76. The van der Waals surface area contributed by atoms with Crippen molar-refractivity contribution < 1.29 is 9.59 Å². The molecule has 102 valence electrons. The number of amides is 2. The van der Waals surface area contributed by atoms with E-state index in [9.17, 15) is 9.59 Å². The van der Waals surface area contributed by atoms with E-state index >= 15 is 0 Å². The van der Waals surface area contributed by atoms with Crippen molar-refractivity contribution in [1.82, 2.24) is 9.80 Å². The smallest absolute Gasteiger partial charge is 0.271 e. The summed E-state index contributed by atoms with van der Waals surface area (Å²) in [6.07, 6.45) is 1.65. The molecule has 0 N–H and O–H groups in total. The second-order valence-corrected chi connectivity index (χ2v) is 5.23. The minimum absolute atomic E-state index is 0.0494. The molecule has 0 unspecified atom stereocenters. The van der Waals surface area contributed by atoms with Crippen molar-refractivity contribution in [3.05, 3.63) is 22.9 Å². The Kier molecular flexibility index (Phi) is 4.49. The first kappa shape index (κ1) is 15.0.